The van der Waals surface area contributed by atoms with Crippen LogP contribution in [0.15, 0.2) is 12.1 Å². The van der Waals surface area contributed by atoms with Crippen LogP contribution in [-0.4, -0.2) is 25.4 Å². The summed E-state index contributed by atoms with van der Waals surface area (Å²) in [6, 6.07) is 3.72. The highest BCUT2D eigenvalue weighted by Gasteiger charge is 2.23. The summed E-state index contributed by atoms with van der Waals surface area (Å²) in [6.07, 6.45) is 2.47. The molecule has 1 aromatic carbocycles. The molecule has 100 valence electrons. The van der Waals surface area contributed by atoms with Gasteiger partial charge in [-0.1, -0.05) is 18.5 Å². The molecule has 18 heavy (non-hydrogen) atoms. The molecule has 0 aliphatic heterocycles. The zero-order valence-corrected chi connectivity index (χ0v) is 11.5. The second kappa shape index (κ2) is 5.81. The third-order valence-electron chi connectivity index (χ3n) is 3.25. The number of hydrogen-bond donors (Lipinski definition) is 1. The van der Waals surface area contributed by atoms with Crippen molar-refractivity contribution < 1.29 is 14.6 Å². The third-order valence-corrected chi connectivity index (χ3v) is 3.54. The first-order valence-corrected chi connectivity index (χ1v) is 6.64. The normalized spacial score (nSPS) is 16.4. The first-order chi connectivity index (χ1) is 8.65. The van der Waals surface area contributed by atoms with E-state index in [2.05, 4.69) is 0 Å². The molecule has 0 bridgehead atoms. The fourth-order valence-corrected chi connectivity index (χ4v) is 2.03. The van der Waals surface area contributed by atoms with Crippen molar-refractivity contribution in [2.75, 3.05) is 20.3 Å². The summed E-state index contributed by atoms with van der Waals surface area (Å²) < 4.78 is 11.1. The predicted molar refractivity (Wildman–Crippen MR) is 71.7 cm³/mol. The fourth-order valence-electron chi connectivity index (χ4n) is 1.76. The van der Waals surface area contributed by atoms with Crippen molar-refractivity contribution in [3.63, 3.8) is 0 Å². The van der Waals surface area contributed by atoms with Gasteiger partial charge in [0.25, 0.3) is 0 Å². The monoisotopic (exact) mass is 270 g/mol. The van der Waals surface area contributed by atoms with Crippen LogP contribution in [0.2, 0.25) is 5.02 Å². The smallest absolute Gasteiger partial charge is 0.179 e. The number of benzene rings is 1. The molecule has 1 N–H and O–H groups in total. The minimum atomic E-state index is 0.0360. The molecule has 2 rings (SSSR count). The molecule has 1 fully saturated rings. The van der Waals surface area contributed by atoms with E-state index in [1.54, 1.807) is 7.11 Å². The van der Waals surface area contributed by atoms with Crippen molar-refractivity contribution >= 4 is 11.6 Å². The van der Waals surface area contributed by atoms with Crippen LogP contribution < -0.4 is 9.47 Å². The zero-order valence-electron chi connectivity index (χ0n) is 10.8. The SMILES string of the molecule is COc1cc(C(C)CO)cc(Cl)c1OCC1CC1. The maximum absolute atomic E-state index is 9.18. The average Bonchev–Trinajstić information content (AvgIpc) is 3.19. The molecular formula is C14H19ClO3. The van der Waals surface area contributed by atoms with Crippen molar-refractivity contribution in [1.29, 1.82) is 0 Å². The Bertz CT molecular complexity index is 416. The van der Waals surface area contributed by atoms with Crippen molar-refractivity contribution in [2.45, 2.75) is 25.7 Å². The van der Waals surface area contributed by atoms with E-state index in [0.717, 1.165) is 5.56 Å². The van der Waals surface area contributed by atoms with Crippen LogP contribution in [0.25, 0.3) is 0 Å². The van der Waals surface area contributed by atoms with E-state index in [-0.39, 0.29) is 12.5 Å². The molecule has 1 aromatic rings. The van der Waals surface area contributed by atoms with Gasteiger partial charge in [-0.25, -0.2) is 0 Å². The van der Waals surface area contributed by atoms with Crippen LogP contribution in [0.1, 0.15) is 31.2 Å². The molecule has 0 amide bonds. The number of hydrogen-bond acceptors (Lipinski definition) is 3. The second-order valence-electron chi connectivity index (χ2n) is 4.87. The number of rotatable bonds is 6. The highest BCUT2D eigenvalue weighted by atomic mass is 35.5. The van der Waals surface area contributed by atoms with E-state index < -0.39 is 0 Å². The molecule has 1 aliphatic rings. The predicted octanol–water partition coefficient (Wildman–Crippen LogP) is 3.23. The van der Waals surface area contributed by atoms with Crippen molar-refractivity contribution in [2.24, 2.45) is 5.92 Å². The molecule has 1 aliphatic carbocycles. The van der Waals surface area contributed by atoms with E-state index in [1.807, 2.05) is 19.1 Å². The molecule has 0 spiro atoms. The Morgan fingerprint density at radius 3 is 2.72 bits per heavy atom. The molecule has 0 aromatic heterocycles. The van der Waals surface area contributed by atoms with Gasteiger partial charge >= 0.3 is 0 Å². The number of aliphatic hydroxyl groups is 1. The summed E-state index contributed by atoms with van der Waals surface area (Å²) in [6.45, 7) is 2.72. The lowest BCUT2D eigenvalue weighted by molar-refractivity contribution is 0.270. The Hall–Kier alpha value is -0.930. The number of halogens is 1. The molecule has 1 unspecified atom stereocenters. The average molecular weight is 271 g/mol. The largest absolute Gasteiger partial charge is 0.493 e. The Kier molecular flexibility index (Phi) is 4.36. The van der Waals surface area contributed by atoms with Crippen molar-refractivity contribution in [3.8, 4) is 11.5 Å². The Morgan fingerprint density at radius 2 is 2.17 bits per heavy atom. The topological polar surface area (TPSA) is 38.7 Å². The standard InChI is InChI=1S/C14H19ClO3/c1-9(7-16)11-5-12(15)14(13(6-11)17-2)18-8-10-3-4-10/h5-6,9-10,16H,3-4,7-8H2,1-2H3. The van der Waals surface area contributed by atoms with Gasteiger partial charge in [-0.2, -0.15) is 0 Å². The van der Waals surface area contributed by atoms with Gasteiger partial charge in [0, 0.05) is 12.5 Å². The lowest BCUT2D eigenvalue weighted by Gasteiger charge is -2.16. The summed E-state index contributed by atoms with van der Waals surface area (Å²) in [7, 11) is 1.60. The van der Waals surface area contributed by atoms with Crippen LogP contribution in [0.3, 0.4) is 0 Å². The summed E-state index contributed by atoms with van der Waals surface area (Å²) in [5.74, 6) is 1.95. The highest BCUT2D eigenvalue weighted by molar-refractivity contribution is 6.32. The fraction of sp³-hybridized carbons (Fsp3) is 0.571. The quantitative estimate of drug-likeness (QED) is 0.863. The van der Waals surface area contributed by atoms with Crippen molar-refractivity contribution in [3.05, 3.63) is 22.7 Å². The van der Waals surface area contributed by atoms with Gasteiger partial charge in [-0.15, -0.1) is 0 Å². The first-order valence-electron chi connectivity index (χ1n) is 6.26. The van der Waals surface area contributed by atoms with Gasteiger partial charge in [0.15, 0.2) is 11.5 Å². The summed E-state index contributed by atoms with van der Waals surface area (Å²) in [4.78, 5) is 0. The van der Waals surface area contributed by atoms with E-state index in [1.165, 1.54) is 12.8 Å². The zero-order chi connectivity index (χ0) is 13.1. The molecule has 0 heterocycles. The van der Waals surface area contributed by atoms with Gasteiger partial charge in [-0.3, -0.25) is 0 Å². The van der Waals surface area contributed by atoms with Gasteiger partial charge in [0.05, 0.1) is 18.7 Å². The third kappa shape index (κ3) is 3.09. The van der Waals surface area contributed by atoms with Gasteiger partial charge in [0.2, 0.25) is 0 Å². The van der Waals surface area contributed by atoms with Crippen LogP contribution in [0, 0.1) is 5.92 Å². The maximum Gasteiger partial charge on any atom is 0.179 e. The Morgan fingerprint density at radius 1 is 1.44 bits per heavy atom. The summed E-state index contributed by atoms with van der Waals surface area (Å²) in [5.41, 5.74) is 0.957. The lowest BCUT2D eigenvalue weighted by Crippen LogP contribution is -2.04. The van der Waals surface area contributed by atoms with Gasteiger partial charge in [-0.05, 0) is 36.5 Å². The summed E-state index contributed by atoms with van der Waals surface area (Å²) >= 11 is 6.23. The molecule has 0 saturated heterocycles. The Balaban J connectivity index is 2.21. The maximum atomic E-state index is 9.18. The Labute approximate surface area is 113 Å². The number of aliphatic hydroxyl groups excluding tert-OH is 1. The molecule has 4 heteroatoms. The van der Waals surface area contributed by atoms with Crippen LogP contribution in [-0.2, 0) is 0 Å². The molecule has 0 radical (unpaired) electrons. The molecule has 1 saturated carbocycles. The molecule has 1 atom stereocenters. The van der Waals surface area contributed by atoms with Crippen LogP contribution >= 0.6 is 11.6 Å². The van der Waals surface area contributed by atoms with Gasteiger partial charge in [0.1, 0.15) is 0 Å². The van der Waals surface area contributed by atoms with E-state index in [0.29, 0.717) is 29.0 Å². The lowest BCUT2D eigenvalue weighted by atomic mass is 10.0. The first kappa shape index (κ1) is 13.5. The van der Waals surface area contributed by atoms with E-state index in [9.17, 15) is 5.11 Å². The highest BCUT2D eigenvalue weighted by Crippen LogP contribution is 2.39. The van der Waals surface area contributed by atoms with E-state index >= 15 is 0 Å². The number of ether oxygens (including phenoxy) is 2. The van der Waals surface area contributed by atoms with Crippen LogP contribution in [0.4, 0.5) is 0 Å². The second-order valence-corrected chi connectivity index (χ2v) is 5.28. The van der Waals surface area contributed by atoms with Gasteiger partial charge < -0.3 is 14.6 Å². The van der Waals surface area contributed by atoms with Crippen LogP contribution in [0.5, 0.6) is 11.5 Å². The molecular weight excluding hydrogens is 252 g/mol. The molecule has 3 nitrogen and oxygen atoms in total. The number of methoxy groups -OCH3 is 1. The minimum absolute atomic E-state index is 0.0360. The van der Waals surface area contributed by atoms with Crippen molar-refractivity contribution in [1.82, 2.24) is 0 Å². The van der Waals surface area contributed by atoms with E-state index in [4.69, 9.17) is 21.1 Å². The summed E-state index contributed by atoms with van der Waals surface area (Å²) in [5, 5.41) is 9.73. The minimum Gasteiger partial charge on any atom is -0.493 e.